The summed E-state index contributed by atoms with van der Waals surface area (Å²) in [5.74, 6) is 0. The number of nitrogens with two attached hydrogens (primary N) is 1. The van der Waals surface area contributed by atoms with E-state index >= 15 is 0 Å². The van der Waals surface area contributed by atoms with Crippen molar-refractivity contribution in [3.05, 3.63) is 51.8 Å². The van der Waals surface area contributed by atoms with Gasteiger partial charge < -0.3 is 5.73 Å². The highest BCUT2D eigenvalue weighted by Crippen LogP contribution is 2.25. The number of nitrogens with one attached hydrogen (secondary N) is 1. The molecule has 2 rings (SSSR count). The van der Waals surface area contributed by atoms with Crippen LogP contribution in [0.5, 0.6) is 0 Å². The van der Waals surface area contributed by atoms with Crippen molar-refractivity contribution in [1.29, 1.82) is 0 Å². The molecule has 0 amide bonds. The van der Waals surface area contributed by atoms with Crippen LogP contribution in [0.4, 0.5) is 0 Å². The van der Waals surface area contributed by atoms with Crippen molar-refractivity contribution in [1.82, 2.24) is 4.72 Å². The minimum Gasteiger partial charge on any atom is -0.323 e. The number of benzene rings is 1. The Morgan fingerprint density at radius 3 is 2.47 bits per heavy atom. The van der Waals surface area contributed by atoms with E-state index in [1.165, 1.54) is 11.3 Å². The molecule has 0 fully saturated rings. The Bertz CT molecular complexity index is 641. The van der Waals surface area contributed by atoms with E-state index in [0.29, 0.717) is 0 Å². The maximum absolute atomic E-state index is 12.0. The third kappa shape index (κ3) is 3.87. The van der Waals surface area contributed by atoms with E-state index in [4.69, 9.17) is 5.73 Å². The third-order valence-corrected chi connectivity index (χ3v) is 6.07. The van der Waals surface area contributed by atoms with Gasteiger partial charge in [0.05, 0.1) is 3.79 Å². The number of rotatable bonds is 5. The quantitative estimate of drug-likeness (QED) is 0.860. The van der Waals surface area contributed by atoms with Gasteiger partial charge in [-0.05, 0) is 33.6 Å². The van der Waals surface area contributed by atoms with E-state index < -0.39 is 10.0 Å². The van der Waals surface area contributed by atoms with Crippen molar-refractivity contribution < 1.29 is 8.42 Å². The van der Waals surface area contributed by atoms with Crippen molar-refractivity contribution in [2.75, 3.05) is 6.54 Å². The summed E-state index contributed by atoms with van der Waals surface area (Å²) in [6.45, 7) is 0.169. The molecule has 0 spiro atoms. The fourth-order valence-electron chi connectivity index (χ4n) is 1.53. The number of hydrogen-bond donors (Lipinski definition) is 2. The second-order valence-corrected chi connectivity index (χ2v) is 8.38. The van der Waals surface area contributed by atoms with Gasteiger partial charge in [-0.1, -0.05) is 30.3 Å². The van der Waals surface area contributed by atoms with Crippen LogP contribution >= 0.6 is 27.3 Å². The predicted octanol–water partition coefficient (Wildman–Crippen LogP) is 2.49. The first-order valence-corrected chi connectivity index (χ1v) is 8.64. The molecule has 7 heteroatoms. The summed E-state index contributed by atoms with van der Waals surface area (Å²) in [6, 6.07) is 12.3. The van der Waals surface area contributed by atoms with E-state index in [1.54, 1.807) is 12.1 Å². The molecule has 4 nitrogen and oxygen atoms in total. The minimum atomic E-state index is -3.48. The molecule has 3 N–H and O–H groups in total. The average molecular weight is 361 g/mol. The van der Waals surface area contributed by atoms with Crippen LogP contribution in [-0.2, 0) is 10.0 Å². The highest BCUT2D eigenvalue weighted by molar-refractivity contribution is 9.11. The van der Waals surface area contributed by atoms with Gasteiger partial charge in [-0.2, -0.15) is 0 Å². The summed E-state index contributed by atoms with van der Waals surface area (Å²) in [5, 5.41) is 0. The van der Waals surface area contributed by atoms with Crippen molar-refractivity contribution in [3.63, 3.8) is 0 Å². The molecule has 102 valence electrons. The van der Waals surface area contributed by atoms with Gasteiger partial charge in [0, 0.05) is 12.6 Å². The lowest BCUT2D eigenvalue weighted by molar-refractivity contribution is 0.574. The van der Waals surface area contributed by atoms with Crippen molar-refractivity contribution in [2.24, 2.45) is 5.73 Å². The largest absolute Gasteiger partial charge is 0.323 e. The first-order valence-electron chi connectivity index (χ1n) is 5.54. The van der Waals surface area contributed by atoms with E-state index in [1.807, 2.05) is 30.3 Å². The topological polar surface area (TPSA) is 72.2 Å². The molecule has 1 aromatic carbocycles. The zero-order valence-corrected chi connectivity index (χ0v) is 13.1. The normalized spacial score (nSPS) is 13.4. The van der Waals surface area contributed by atoms with Crippen LogP contribution in [0.15, 0.2) is 50.5 Å². The molecule has 1 heterocycles. The summed E-state index contributed by atoms with van der Waals surface area (Å²) in [5.41, 5.74) is 6.85. The van der Waals surface area contributed by atoms with Gasteiger partial charge in [0.1, 0.15) is 4.21 Å². The van der Waals surface area contributed by atoms with E-state index in [9.17, 15) is 8.42 Å². The molecule has 0 saturated carbocycles. The van der Waals surface area contributed by atoms with Crippen LogP contribution in [0.25, 0.3) is 0 Å². The molecule has 0 aliphatic rings. The van der Waals surface area contributed by atoms with Gasteiger partial charge in [0.25, 0.3) is 0 Å². The van der Waals surface area contributed by atoms with Gasteiger partial charge >= 0.3 is 0 Å². The molecule has 0 aliphatic carbocycles. The van der Waals surface area contributed by atoms with Crippen LogP contribution in [0.2, 0.25) is 0 Å². The first kappa shape index (κ1) is 14.7. The highest BCUT2D eigenvalue weighted by Gasteiger charge is 2.17. The standard InChI is InChI=1S/C12H13BrN2O2S2/c13-11-6-7-12(18-11)19(16,17)15-8-10(14)9-4-2-1-3-5-9/h1-7,10,15H,8,14H2. The first-order chi connectivity index (χ1) is 8.99. The number of thiophene rings is 1. The molecule has 0 radical (unpaired) electrons. The molecule has 1 unspecified atom stereocenters. The average Bonchev–Trinajstić information content (AvgIpc) is 2.85. The smallest absolute Gasteiger partial charge is 0.250 e. The summed E-state index contributed by atoms with van der Waals surface area (Å²) in [6.07, 6.45) is 0. The van der Waals surface area contributed by atoms with Crippen LogP contribution in [0.1, 0.15) is 11.6 Å². The molecule has 0 saturated heterocycles. The van der Waals surface area contributed by atoms with Gasteiger partial charge in [-0.15, -0.1) is 11.3 Å². The van der Waals surface area contributed by atoms with E-state index in [2.05, 4.69) is 20.7 Å². The highest BCUT2D eigenvalue weighted by atomic mass is 79.9. The Labute approximate surface area is 124 Å². The van der Waals surface area contributed by atoms with Crippen molar-refractivity contribution in [2.45, 2.75) is 10.3 Å². The minimum absolute atomic E-state index is 0.169. The van der Waals surface area contributed by atoms with Gasteiger partial charge in [-0.3, -0.25) is 0 Å². The molecule has 1 aromatic heterocycles. The van der Waals surface area contributed by atoms with Gasteiger partial charge in [-0.25, -0.2) is 13.1 Å². The molecule has 2 aromatic rings. The SMILES string of the molecule is NC(CNS(=O)(=O)c1ccc(Br)s1)c1ccccc1. The molecule has 0 bridgehead atoms. The lowest BCUT2D eigenvalue weighted by Crippen LogP contribution is -2.31. The lowest BCUT2D eigenvalue weighted by atomic mass is 10.1. The second kappa shape index (κ2) is 6.15. The Morgan fingerprint density at radius 1 is 1.21 bits per heavy atom. The monoisotopic (exact) mass is 360 g/mol. The molecular weight excluding hydrogens is 348 g/mol. The second-order valence-electron chi connectivity index (χ2n) is 3.93. The maximum Gasteiger partial charge on any atom is 0.250 e. The third-order valence-electron chi connectivity index (χ3n) is 2.53. The number of sulfonamides is 1. The fraction of sp³-hybridized carbons (Fsp3) is 0.167. The number of hydrogen-bond acceptors (Lipinski definition) is 4. The zero-order valence-electron chi connectivity index (χ0n) is 9.91. The van der Waals surface area contributed by atoms with Crippen LogP contribution < -0.4 is 10.5 Å². The predicted molar refractivity (Wildman–Crippen MR) is 80.6 cm³/mol. The summed E-state index contributed by atoms with van der Waals surface area (Å²) >= 11 is 4.41. The number of halogens is 1. The molecular formula is C12H13BrN2O2S2. The van der Waals surface area contributed by atoms with Crippen LogP contribution in [0, 0.1) is 0 Å². The van der Waals surface area contributed by atoms with Crippen molar-refractivity contribution in [3.8, 4) is 0 Å². The summed E-state index contributed by atoms with van der Waals surface area (Å²) < 4.78 is 27.6. The summed E-state index contributed by atoms with van der Waals surface area (Å²) in [4.78, 5) is 0. The van der Waals surface area contributed by atoms with Crippen molar-refractivity contribution >= 4 is 37.3 Å². The Balaban J connectivity index is 2.03. The maximum atomic E-state index is 12.0. The van der Waals surface area contributed by atoms with Crippen LogP contribution in [0.3, 0.4) is 0 Å². The molecule has 1 atom stereocenters. The Hall–Kier alpha value is -0.730. The Kier molecular flexibility index (Phi) is 4.75. The van der Waals surface area contributed by atoms with Crippen LogP contribution in [-0.4, -0.2) is 15.0 Å². The molecule has 0 aliphatic heterocycles. The van der Waals surface area contributed by atoms with E-state index in [0.717, 1.165) is 9.35 Å². The fourth-order valence-corrected chi connectivity index (χ4v) is 4.65. The zero-order chi connectivity index (χ0) is 13.9. The van der Waals surface area contributed by atoms with Gasteiger partial charge in [0.2, 0.25) is 10.0 Å². The summed E-state index contributed by atoms with van der Waals surface area (Å²) in [7, 11) is -3.48. The van der Waals surface area contributed by atoms with E-state index in [-0.39, 0.29) is 16.8 Å². The lowest BCUT2D eigenvalue weighted by Gasteiger charge is -2.12. The molecule has 19 heavy (non-hydrogen) atoms. The van der Waals surface area contributed by atoms with Gasteiger partial charge in [0.15, 0.2) is 0 Å². The Morgan fingerprint density at radius 2 is 1.89 bits per heavy atom.